The van der Waals surface area contributed by atoms with Gasteiger partial charge < -0.3 is 10.6 Å². The van der Waals surface area contributed by atoms with E-state index in [1.54, 1.807) is 12.1 Å². The molecular weight excluding hydrogens is 231 g/mol. The first-order valence-electron chi connectivity index (χ1n) is 6.39. The number of nitrogens with one attached hydrogen (secondary N) is 2. The summed E-state index contributed by atoms with van der Waals surface area (Å²) in [5, 5.41) is 6.37. The molecule has 1 aliphatic heterocycles. The van der Waals surface area contributed by atoms with Crippen molar-refractivity contribution in [1.82, 2.24) is 10.6 Å². The molecule has 0 saturated carbocycles. The molecule has 1 heterocycles. The van der Waals surface area contributed by atoms with Gasteiger partial charge in [-0.2, -0.15) is 0 Å². The Hall–Kier alpha value is -1.42. The number of hydrogen-bond donors (Lipinski definition) is 2. The molecule has 98 valence electrons. The van der Waals surface area contributed by atoms with Crippen molar-refractivity contribution < 1.29 is 9.18 Å². The number of hydrogen-bond acceptors (Lipinski definition) is 2. The first kappa shape index (κ1) is 13.0. The summed E-state index contributed by atoms with van der Waals surface area (Å²) in [6, 6.07) is 6.62. The number of carbonyl (C=O) groups is 1. The fourth-order valence-electron chi connectivity index (χ4n) is 2.41. The molecule has 0 bridgehead atoms. The van der Waals surface area contributed by atoms with Gasteiger partial charge in [-0.05, 0) is 44.9 Å². The molecule has 3 nitrogen and oxygen atoms in total. The molecule has 0 radical (unpaired) electrons. The molecule has 3 unspecified atom stereocenters. The highest BCUT2D eigenvalue weighted by atomic mass is 19.1. The summed E-state index contributed by atoms with van der Waals surface area (Å²) in [5.41, 5.74) is 0.376. The lowest BCUT2D eigenvalue weighted by Crippen LogP contribution is -2.54. The fourth-order valence-corrected chi connectivity index (χ4v) is 2.41. The van der Waals surface area contributed by atoms with E-state index in [2.05, 4.69) is 24.5 Å². The molecule has 2 rings (SSSR count). The van der Waals surface area contributed by atoms with Crippen LogP contribution >= 0.6 is 0 Å². The number of amides is 1. The predicted octanol–water partition coefficient (Wildman–Crippen LogP) is 2.08. The van der Waals surface area contributed by atoms with Crippen molar-refractivity contribution in [2.24, 2.45) is 0 Å². The molecule has 1 saturated heterocycles. The van der Waals surface area contributed by atoms with Crippen LogP contribution in [0.4, 0.5) is 4.39 Å². The van der Waals surface area contributed by atoms with Gasteiger partial charge in [0.05, 0.1) is 0 Å². The molecule has 0 aliphatic carbocycles. The second-order valence-electron chi connectivity index (χ2n) is 5.02. The van der Waals surface area contributed by atoms with E-state index in [1.165, 1.54) is 12.1 Å². The van der Waals surface area contributed by atoms with Crippen molar-refractivity contribution >= 4 is 5.91 Å². The van der Waals surface area contributed by atoms with Crippen molar-refractivity contribution in [1.29, 1.82) is 0 Å². The van der Waals surface area contributed by atoms with Gasteiger partial charge in [-0.15, -0.1) is 0 Å². The van der Waals surface area contributed by atoms with Crippen LogP contribution in [-0.2, 0) is 0 Å². The largest absolute Gasteiger partial charge is 0.348 e. The molecule has 1 fully saturated rings. The van der Waals surface area contributed by atoms with Crippen LogP contribution in [0.2, 0.25) is 0 Å². The molecular formula is C14H19FN2O. The highest BCUT2D eigenvalue weighted by molar-refractivity contribution is 5.94. The van der Waals surface area contributed by atoms with Gasteiger partial charge in [0.15, 0.2) is 0 Å². The SMILES string of the molecule is CC1CCC(NC(=O)c2cccc(F)c2)C(C)N1. The number of rotatable bonds is 2. The fraction of sp³-hybridized carbons (Fsp3) is 0.500. The molecule has 0 aromatic heterocycles. The Morgan fingerprint density at radius 2 is 2.17 bits per heavy atom. The smallest absolute Gasteiger partial charge is 0.251 e. The third-order valence-corrected chi connectivity index (χ3v) is 3.46. The summed E-state index contributed by atoms with van der Waals surface area (Å²) in [7, 11) is 0. The van der Waals surface area contributed by atoms with Crippen LogP contribution in [0.5, 0.6) is 0 Å². The van der Waals surface area contributed by atoms with Crippen molar-refractivity contribution in [2.45, 2.75) is 44.8 Å². The third-order valence-electron chi connectivity index (χ3n) is 3.46. The van der Waals surface area contributed by atoms with E-state index in [1.807, 2.05) is 0 Å². The van der Waals surface area contributed by atoms with E-state index in [9.17, 15) is 9.18 Å². The lowest BCUT2D eigenvalue weighted by Gasteiger charge is -2.34. The first-order chi connectivity index (χ1) is 8.56. The summed E-state index contributed by atoms with van der Waals surface area (Å²) in [5.74, 6) is -0.589. The average molecular weight is 250 g/mol. The zero-order valence-electron chi connectivity index (χ0n) is 10.7. The highest BCUT2D eigenvalue weighted by Gasteiger charge is 2.26. The summed E-state index contributed by atoms with van der Waals surface area (Å²) < 4.78 is 13.0. The van der Waals surface area contributed by atoms with Gasteiger partial charge in [0.2, 0.25) is 0 Å². The number of piperidine rings is 1. The van der Waals surface area contributed by atoms with Gasteiger partial charge >= 0.3 is 0 Å². The van der Waals surface area contributed by atoms with E-state index < -0.39 is 0 Å². The van der Waals surface area contributed by atoms with Crippen LogP contribution in [0.25, 0.3) is 0 Å². The molecule has 2 N–H and O–H groups in total. The van der Waals surface area contributed by atoms with E-state index in [-0.39, 0.29) is 23.8 Å². The number of halogens is 1. The zero-order chi connectivity index (χ0) is 13.1. The van der Waals surface area contributed by atoms with Crippen molar-refractivity contribution in [2.75, 3.05) is 0 Å². The lowest BCUT2D eigenvalue weighted by molar-refractivity contribution is 0.0914. The van der Waals surface area contributed by atoms with Crippen LogP contribution in [0, 0.1) is 5.82 Å². The Balaban J connectivity index is 1.99. The molecule has 1 amide bonds. The molecule has 4 heteroatoms. The van der Waals surface area contributed by atoms with Crippen LogP contribution in [0.3, 0.4) is 0 Å². The summed E-state index contributed by atoms with van der Waals surface area (Å²) in [6.45, 7) is 4.20. The maximum Gasteiger partial charge on any atom is 0.251 e. The molecule has 1 aliphatic rings. The van der Waals surface area contributed by atoms with E-state index in [0.717, 1.165) is 12.8 Å². The number of benzene rings is 1. The highest BCUT2D eigenvalue weighted by Crippen LogP contribution is 2.14. The Kier molecular flexibility index (Phi) is 3.97. The third kappa shape index (κ3) is 3.07. The second-order valence-corrected chi connectivity index (χ2v) is 5.02. The molecule has 1 aromatic rings. The second kappa shape index (κ2) is 5.48. The average Bonchev–Trinajstić information content (AvgIpc) is 2.32. The molecule has 0 spiro atoms. The van der Waals surface area contributed by atoms with Crippen LogP contribution < -0.4 is 10.6 Å². The molecule has 1 aromatic carbocycles. The quantitative estimate of drug-likeness (QED) is 0.844. The molecule has 18 heavy (non-hydrogen) atoms. The van der Waals surface area contributed by atoms with Crippen molar-refractivity contribution in [3.63, 3.8) is 0 Å². The minimum absolute atomic E-state index is 0.108. The normalized spacial score (nSPS) is 27.8. The summed E-state index contributed by atoms with van der Waals surface area (Å²) >= 11 is 0. The van der Waals surface area contributed by atoms with E-state index >= 15 is 0 Å². The first-order valence-corrected chi connectivity index (χ1v) is 6.39. The van der Waals surface area contributed by atoms with Crippen LogP contribution in [0.1, 0.15) is 37.0 Å². The van der Waals surface area contributed by atoms with Crippen molar-refractivity contribution in [3.05, 3.63) is 35.6 Å². The van der Waals surface area contributed by atoms with Gasteiger partial charge in [-0.3, -0.25) is 4.79 Å². The van der Waals surface area contributed by atoms with Crippen LogP contribution in [0.15, 0.2) is 24.3 Å². The van der Waals surface area contributed by atoms with Gasteiger partial charge in [0.1, 0.15) is 5.82 Å². The Bertz CT molecular complexity index is 436. The van der Waals surface area contributed by atoms with E-state index in [4.69, 9.17) is 0 Å². The summed E-state index contributed by atoms with van der Waals surface area (Å²) in [4.78, 5) is 12.0. The monoisotopic (exact) mass is 250 g/mol. The maximum atomic E-state index is 13.0. The molecule has 3 atom stereocenters. The number of carbonyl (C=O) groups excluding carboxylic acids is 1. The zero-order valence-corrected chi connectivity index (χ0v) is 10.7. The topological polar surface area (TPSA) is 41.1 Å². The Morgan fingerprint density at radius 3 is 2.83 bits per heavy atom. The Morgan fingerprint density at radius 1 is 1.39 bits per heavy atom. The lowest BCUT2D eigenvalue weighted by atomic mass is 9.95. The Labute approximate surface area is 107 Å². The van der Waals surface area contributed by atoms with Gasteiger partial charge in [-0.25, -0.2) is 4.39 Å². The standard InChI is InChI=1S/C14H19FN2O/c1-9-6-7-13(10(2)16-9)17-14(18)11-4-3-5-12(15)8-11/h3-5,8-10,13,16H,6-7H2,1-2H3,(H,17,18). The minimum Gasteiger partial charge on any atom is -0.348 e. The predicted molar refractivity (Wildman–Crippen MR) is 68.9 cm³/mol. The van der Waals surface area contributed by atoms with Gasteiger partial charge in [0.25, 0.3) is 5.91 Å². The summed E-state index contributed by atoms with van der Waals surface area (Å²) in [6.07, 6.45) is 1.99. The minimum atomic E-state index is -0.383. The van der Waals surface area contributed by atoms with E-state index in [0.29, 0.717) is 11.6 Å². The maximum absolute atomic E-state index is 13.0. The van der Waals surface area contributed by atoms with Gasteiger partial charge in [-0.1, -0.05) is 6.07 Å². The van der Waals surface area contributed by atoms with Crippen molar-refractivity contribution in [3.8, 4) is 0 Å². The van der Waals surface area contributed by atoms with Crippen LogP contribution in [-0.4, -0.2) is 24.0 Å². The van der Waals surface area contributed by atoms with Gasteiger partial charge in [0, 0.05) is 23.7 Å².